The zero-order valence-corrected chi connectivity index (χ0v) is 38.6. The van der Waals surface area contributed by atoms with E-state index < -0.39 is 29.9 Å². The van der Waals surface area contributed by atoms with Crippen LogP contribution in [0.2, 0.25) is 5.15 Å². The molecule has 8 rings (SSSR count). The summed E-state index contributed by atoms with van der Waals surface area (Å²) in [6.45, 7) is 3.98. The van der Waals surface area contributed by atoms with Crippen molar-refractivity contribution in [3.63, 3.8) is 0 Å². The highest BCUT2D eigenvalue weighted by Gasteiger charge is 2.34. The first kappa shape index (κ1) is 48.4. The molecule has 70 heavy (non-hydrogen) atoms. The number of benzene rings is 6. The number of pyridine rings is 2. The van der Waals surface area contributed by atoms with Crippen LogP contribution in [0.25, 0.3) is 22.3 Å². The number of carboxylic acid groups (broad SMARTS) is 1. The van der Waals surface area contributed by atoms with Crippen LogP contribution < -0.4 is 0 Å². The van der Waals surface area contributed by atoms with Crippen molar-refractivity contribution in [2.45, 2.75) is 50.7 Å². The maximum Gasteiger partial charge on any atom is 0.433 e. The maximum absolute atomic E-state index is 13.7. The van der Waals surface area contributed by atoms with Crippen LogP contribution in [-0.4, -0.2) is 32.7 Å². The zero-order valence-electron chi connectivity index (χ0n) is 37.8. The summed E-state index contributed by atoms with van der Waals surface area (Å²) >= 11 is 6.38. The minimum absolute atomic E-state index is 0.123. The Morgan fingerprint density at radius 2 is 1.11 bits per heavy atom. The molecule has 0 fully saturated rings. The second-order valence-corrected chi connectivity index (χ2v) is 17.2. The van der Waals surface area contributed by atoms with Crippen molar-refractivity contribution >= 4 is 29.3 Å². The van der Waals surface area contributed by atoms with Gasteiger partial charge in [0.05, 0.1) is 16.8 Å². The van der Waals surface area contributed by atoms with Crippen LogP contribution in [0.5, 0.6) is 0 Å². The number of oxime groups is 1. The van der Waals surface area contributed by atoms with Gasteiger partial charge in [0.15, 0.2) is 0 Å². The van der Waals surface area contributed by atoms with Gasteiger partial charge in [-0.2, -0.15) is 18.1 Å². The molecular weight excluding hydrogens is 913 g/mol. The number of nitrogens with zero attached hydrogens (tertiary/aromatic N) is 4. The SMILES string of the molecule is Cc1ccccc1[C@H](CC(=NOC(=O)c1ccc(-c2ccc([C@@H](CC(N=O)c3ccnc(C(F)(F)F)c3)c3ccccc3C)cc2)cc1)c1ccnc(Cl)c1)c1ccc(-c2ccc(C(=O)O)cc2)cc1. The van der Waals surface area contributed by atoms with Crippen molar-refractivity contribution in [2.75, 3.05) is 0 Å². The van der Waals surface area contributed by atoms with E-state index in [0.717, 1.165) is 67.9 Å². The fourth-order valence-corrected chi connectivity index (χ4v) is 8.80. The lowest BCUT2D eigenvalue weighted by atomic mass is 9.82. The van der Waals surface area contributed by atoms with Crippen LogP contribution in [-0.2, 0) is 11.0 Å². The number of hydrogen-bond donors (Lipinski definition) is 1. The second-order valence-electron chi connectivity index (χ2n) is 16.8. The summed E-state index contributed by atoms with van der Waals surface area (Å²) in [6, 6.07) is 49.6. The quantitative estimate of drug-likeness (QED) is 0.0335. The molecule has 1 unspecified atom stereocenters. The first-order valence-corrected chi connectivity index (χ1v) is 22.6. The lowest BCUT2D eigenvalue weighted by molar-refractivity contribution is -0.141. The number of aromatic carboxylic acids is 1. The van der Waals surface area contributed by atoms with Crippen molar-refractivity contribution < 1.29 is 32.7 Å². The molecule has 1 N–H and O–H groups in total. The van der Waals surface area contributed by atoms with Gasteiger partial charge in [-0.05, 0) is 130 Å². The Balaban J connectivity index is 1.03. The number of carboxylic acids is 1. The monoisotopic (exact) mass is 956 g/mol. The molecule has 8 aromatic rings. The highest BCUT2D eigenvalue weighted by Crippen LogP contribution is 2.40. The van der Waals surface area contributed by atoms with Crippen LogP contribution in [0.3, 0.4) is 0 Å². The van der Waals surface area contributed by atoms with Crippen molar-refractivity contribution in [1.29, 1.82) is 0 Å². The number of halogens is 4. The lowest BCUT2D eigenvalue weighted by Gasteiger charge is -2.23. The number of rotatable bonds is 16. The summed E-state index contributed by atoms with van der Waals surface area (Å²) < 4.78 is 40.7. The molecule has 9 nitrogen and oxygen atoms in total. The molecule has 0 radical (unpaired) electrons. The van der Waals surface area contributed by atoms with Gasteiger partial charge in [0.25, 0.3) is 0 Å². The third kappa shape index (κ3) is 11.4. The van der Waals surface area contributed by atoms with E-state index in [-0.39, 0.29) is 40.1 Å². The van der Waals surface area contributed by atoms with E-state index >= 15 is 0 Å². The molecule has 2 heterocycles. The molecule has 6 aromatic carbocycles. The van der Waals surface area contributed by atoms with Crippen LogP contribution >= 0.6 is 11.6 Å². The van der Waals surface area contributed by atoms with Gasteiger partial charge in [0.2, 0.25) is 0 Å². The van der Waals surface area contributed by atoms with E-state index in [0.29, 0.717) is 17.7 Å². The van der Waals surface area contributed by atoms with Gasteiger partial charge in [0.1, 0.15) is 16.9 Å². The van der Waals surface area contributed by atoms with Crippen molar-refractivity contribution in [2.24, 2.45) is 10.3 Å². The van der Waals surface area contributed by atoms with E-state index in [1.54, 1.807) is 66.9 Å². The van der Waals surface area contributed by atoms with Crippen LogP contribution in [0.1, 0.15) is 102 Å². The standard InChI is InChI=1S/C57H44ClF3N4O5/c1-35-7-3-5-9-47(35)49(33-51(64-69)45-27-29-62-53(31-45)57(59,60)61)41-19-11-38(12-20-41)40-17-25-44(26-18-40)56(68)70-65-52(46-28-30-63-54(58)32-46)34-50(48-10-6-4-8-36(48)2)42-21-13-37(14-22-42)39-15-23-43(24-16-39)55(66)67/h3-32,49-51H,33-34H2,1-2H3,(H,66,67)/t49-,50-,51?/m1/s1. The molecule has 0 saturated carbocycles. The topological polar surface area (TPSA) is 131 Å². The van der Waals surface area contributed by atoms with Crippen LogP contribution in [0.4, 0.5) is 13.2 Å². The number of aryl methyl sites for hydroxylation is 2. The summed E-state index contributed by atoms with van der Waals surface area (Å²) in [5, 5.41) is 17.4. The molecule has 0 aliphatic carbocycles. The molecule has 0 aliphatic rings. The minimum atomic E-state index is -4.67. The van der Waals surface area contributed by atoms with Gasteiger partial charge in [-0.1, -0.05) is 143 Å². The van der Waals surface area contributed by atoms with Gasteiger partial charge >= 0.3 is 18.1 Å². The smallest absolute Gasteiger partial charge is 0.433 e. The number of carbonyl (C=O) groups excluding carboxylic acids is 1. The number of alkyl halides is 3. The van der Waals surface area contributed by atoms with E-state index in [2.05, 4.69) is 26.4 Å². The molecule has 2 aromatic heterocycles. The Hall–Kier alpha value is -8.09. The predicted octanol–water partition coefficient (Wildman–Crippen LogP) is 14.6. The summed E-state index contributed by atoms with van der Waals surface area (Å²) in [7, 11) is 0. The highest BCUT2D eigenvalue weighted by molar-refractivity contribution is 6.29. The predicted molar refractivity (Wildman–Crippen MR) is 265 cm³/mol. The summed E-state index contributed by atoms with van der Waals surface area (Å²) in [6.07, 6.45) is -1.62. The minimum Gasteiger partial charge on any atom is -0.478 e. The third-order valence-electron chi connectivity index (χ3n) is 12.4. The molecular formula is C57H44ClF3N4O5. The Kier molecular flexibility index (Phi) is 14.8. The van der Waals surface area contributed by atoms with Gasteiger partial charge in [-0.15, -0.1) is 0 Å². The number of nitroso groups, excluding NO2 is 1. The number of carbonyl (C=O) groups is 2. The van der Waals surface area contributed by atoms with Crippen molar-refractivity contribution in [3.05, 3.63) is 254 Å². The molecule has 350 valence electrons. The Labute approximate surface area is 407 Å². The highest BCUT2D eigenvalue weighted by atomic mass is 35.5. The van der Waals surface area contributed by atoms with E-state index in [4.69, 9.17) is 16.4 Å². The van der Waals surface area contributed by atoms with Crippen molar-refractivity contribution in [3.8, 4) is 22.3 Å². The third-order valence-corrected chi connectivity index (χ3v) is 12.6. The van der Waals surface area contributed by atoms with Crippen LogP contribution in [0.15, 0.2) is 193 Å². The Morgan fingerprint density at radius 3 is 1.63 bits per heavy atom. The molecule has 0 spiro atoms. The fourth-order valence-electron chi connectivity index (χ4n) is 8.63. The molecule has 13 heteroatoms. The largest absolute Gasteiger partial charge is 0.478 e. The number of hydrogen-bond acceptors (Lipinski definition) is 8. The Morgan fingerprint density at radius 1 is 0.614 bits per heavy atom. The van der Waals surface area contributed by atoms with Crippen LogP contribution in [0, 0.1) is 18.8 Å². The second kappa shape index (κ2) is 21.5. The van der Waals surface area contributed by atoms with E-state index in [1.165, 1.54) is 6.07 Å². The van der Waals surface area contributed by atoms with Gasteiger partial charge < -0.3 is 9.94 Å². The molecule has 0 bridgehead atoms. The fraction of sp³-hybridized carbons (Fsp3) is 0.140. The first-order valence-electron chi connectivity index (χ1n) is 22.3. The molecule has 0 saturated heterocycles. The zero-order chi connectivity index (χ0) is 49.4. The average Bonchev–Trinajstić information content (AvgIpc) is 3.37. The molecule has 0 amide bonds. The van der Waals surface area contributed by atoms with Crippen molar-refractivity contribution in [1.82, 2.24) is 9.97 Å². The van der Waals surface area contributed by atoms with Gasteiger partial charge in [-0.3, -0.25) is 4.98 Å². The maximum atomic E-state index is 13.7. The lowest BCUT2D eigenvalue weighted by Crippen LogP contribution is -2.13. The average molecular weight is 957 g/mol. The summed E-state index contributed by atoms with van der Waals surface area (Å²) in [5.41, 5.74) is 9.81. The molecule has 0 aliphatic heterocycles. The molecule has 3 atom stereocenters. The van der Waals surface area contributed by atoms with Gasteiger partial charge in [0, 0.05) is 36.2 Å². The van der Waals surface area contributed by atoms with E-state index in [9.17, 15) is 32.8 Å². The number of aromatic nitrogens is 2. The van der Waals surface area contributed by atoms with E-state index in [1.807, 2.05) is 105 Å². The summed E-state index contributed by atoms with van der Waals surface area (Å²) in [4.78, 5) is 50.6. The van der Waals surface area contributed by atoms with Gasteiger partial charge in [-0.25, -0.2) is 14.6 Å². The normalized spacial score (nSPS) is 13.0. The Bertz CT molecular complexity index is 3180. The summed E-state index contributed by atoms with van der Waals surface area (Å²) in [5.74, 6) is -2.28. The first-order chi connectivity index (χ1) is 33.7.